The van der Waals surface area contributed by atoms with Crippen molar-refractivity contribution >= 4 is 0 Å². The highest BCUT2D eigenvalue weighted by molar-refractivity contribution is 5.20. The topological polar surface area (TPSA) is 4.93 Å². The molecule has 0 aliphatic rings. The number of hydrogen-bond acceptors (Lipinski definition) is 0. The molecule has 17 heavy (non-hydrogen) atoms. The lowest BCUT2D eigenvalue weighted by molar-refractivity contribution is 0.0899. The van der Waals surface area contributed by atoms with Crippen LogP contribution < -0.4 is 0 Å². The first kappa shape index (κ1) is 11.9. The molecule has 1 unspecified atom stereocenters. The lowest BCUT2D eigenvalue weighted by Crippen LogP contribution is -2.29. The van der Waals surface area contributed by atoms with Crippen LogP contribution >= 0.6 is 0 Å². The molecule has 1 aromatic heterocycles. The summed E-state index contributed by atoms with van der Waals surface area (Å²) in [5, 5.41) is 0. The molecule has 2 heteroatoms. The molecule has 1 heterocycles. The number of alkyl halides is 1. The smallest absolute Gasteiger partial charge is 0.187 e. The number of aryl methyl sites for hydroxylation is 2. The van der Waals surface area contributed by atoms with Gasteiger partial charge in [-0.3, -0.25) is 0 Å². The summed E-state index contributed by atoms with van der Waals surface area (Å²) in [6, 6.07) is 13.7. The van der Waals surface area contributed by atoms with Gasteiger partial charge in [-0.05, 0) is 38.5 Å². The molecule has 0 amide bonds. The molecule has 1 aromatic carbocycles. The molecule has 0 spiro atoms. The van der Waals surface area contributed by atoms with Crippen LogP contribution in [0, 0.1) is 13.8 Å². The van der Waals surface area contributed by atoms with E-state index in [1.807, 2.05) is 56.3 Å². The fourth-order valence-corrected chi connectivity index (χ4v) is 2.45. The van der Waals surface area contributed by atoms with E-state index < -0.39 is 5.79 Å². The lowest BCUT2D eigenvalue weighted by atomic mass is 10.0. The summed E-state index contributed by atoms with van der Waals surface area (Å²) in [7, 11) is 0. The maximum Gasteiger partial charge on any atom is 0.187 e. The zero-order valence-corrected chi connectivity index (χ0v) is 10.6. The molecule has 1 atom stereocenters. The van der Waals surface area contributed by atoms with Crippen molar-refractivity contribution in [1.29, 1.82) is 0 Å². The summed E-state index contributed by atoms with van der Waals surface area (Å²) in [5.41, 5.74) is 2.94. The highest BCUT2D eigenvalue weighted by Gasteiger charge is 2.27. The van der Waals surface area contributed by atoms with Crippen molar-refractivity contribution in [2.75, 3.05) is 0 Å². The summed E-state index contributed by atoms with van der Waals surface area (Å²) in [6.07, 6.45) is 0.393. The number of rotatable bonds is 3. The average Bonchev–Trinajstić information content (AvgIpc) is 2.59. The van der Waals surface area contributed by atoms with Crippen LogP contribution in [-0.4, -0.2) is 4.57 Å². The van der Waals surface area contributed by atoms with Gasteiger partial charge in [-0.25, -0.2) is 4.39 Å². The second kappa shape index (κ2) is 4.36. The molecule has 0 fully saturated rings. The second-order valence-corrected chi connectivity index (χ2v) is 4.76. The molecule has 0 saturated carbocycles. The third-order valence-electron chi connectivity index (χ3n) is 3.11. The van der Waals surface area contributed by atoms with Crippen LogP contribution in [0.4, 0.5) is 4.39 Å². The van der Waals surface area contributed by atoms with Gasteiger partial charge in [-0.2, -0.15) is 0 Å². The Bertz CT molecular complexity index is 477. The van der Waals surface area contributed by atoms with Crippen LogP contribution in [0.25, 0.3) is 0 Å². The largest absolute Gasteiger partial charge is 0.317 e. The van der Waals surface area contributed by atoms with Gasteiger partial charge in [0.15, 0.2) is 5.79 Å². The van der Waals surface area contributed by atoms with Crippen LogP contribution in [0.2, 0.25) is 0 Å². The first-order chi connectivity index (χ1) is 8.00. The molecule has 0 N–H and O–H groups in total. The maximum absolute atomic E-state index is 14.8. The maximum atomic E-state index is 14.8. The predicted octanol–water partition coefficient (Wildman–Crippen LogP) is 3.99. The van der Waals surface area contributed by atoms with E-state index in [1.165, 1.54) is 0 Å². The van der Waals surface area contributed by atoms with Gasteiger partial charge in [0.1, 0.15) is 0 Å². The fourth-order valence-electron chi connectivity index (χ4n) is 2.45. The number of aromatic nitrogens is 1. The van der Waals surface area contributed by atoms with Gasteiger partial charge in [0.05, 0.1) is 0 Å². The Balaban J connectivity index is 2.31. The van der Waals surface area contributed by atoms with Crippen LogP contribution in [0.5, 0.6) is 0 Å². The molecule has 0 saturated heterocycles. The van der Waals surface area contributed by atoms with Gasteiger partial charge in [0, 0.05) is 17.8 Å². The normalized spacial score (nSPS) is 14.6. The fraction of sp³-hybridized carbons (Fsp3) is 0.333. The summed E-state index contributed by atoms with van der Waals surface area (Å²) in [4.78, 5) is 0. The lowest BCUT2D eigenvalue weighted by Gasteiger charge is -2.26. The molecule has 0 bridgehead atoms. The van der Waals surface area contributed by atoms with Gasteiger partial charge >= 0.3 is 0 Å². The van der Waals surface area contributed by atoms with Gasteiger partial charge in [0.2, 0.25) is 0 Å². The highest BCUT2D eigenvalue weighted by atomic mass is 19.1. The predicted molar refractivity (Wildman–Crippen MR) is 68.8 cm³/mol. The Morgan fingerprint density at radius 2 is 1.53 bits per heavy atom. The summed E-state index contributed by atoms with van der Waals surface area (Å²) >= 11 is 0. The van der Waals surface area contributed by atoms with E-state index >= 15 is 0 Å². The molecule has 2 rings (SSSR count). The van der Waals surface area contributed by atoms with E-state index in [0.29, 0.717) is 6.42 Å². The summed E-state index contributed by atoms with van der Waals surface area (Å²) < 4.78 is 16.6. The number of benzene rings is 1. The quantitative estimate of drug-likeness (QED) is 0.752. The average molecular weight is 231 g/mol. The van der Waals surface area contributed by atoms with Crippen molar-refractivity contribution in [2.24, 2.45) is 0 Å². The zero-order valence-electron chi connectivity index (χ0n) is 10.6. The Morgan fingerprint density at radius 3 is 2.06 bits per heavy atom. The minimum absolute atomic E-state index is 0.393. The molecule has 0 aliphatic heterocycles. The van der Waals surface area contributed by atoms with Crippen LogP contribution in [-0.2, 0) is 12.2 Å². The standard InChI is InChI=1S/C15H18FN/c1-12-9-10-13(2)17(12)15(3,16)11-14-7-5-4-6-8-14/h4-10H,11H2,1-3H3. The Hall–Kier alpha value is -1.57. The molecule has 90 valence electrons. The van der Waals surface area contributed by atoms with E-state index in [4.69, 9.17) is 0 Å². The van der Waals surface area contributed by atoms with Crippen LogP contribution in [0.1, 0.15) is 23.9 Å². The van der Waals surface area contributed by atoms with Crippen molar-refractivity contribution in [3.05, 3.63) is 59.4 Å². The Kier molecular flexibility index (Phi) is 3.05. The Labute approximate surface area is 102 Å². The number of nitrogens with zero attached hydrogens (tertiary/aromatic N) is 1. The number of halogens is 1. The second-order valence-electron chi connectivity index (χ2n) is 4.76. The van der Waals surface area contributed by atoms with Gasteiger partial charge in [0.25, 0.3) is 0 Å². The monoisotopic (exact) mass is 231 g/mol. The number of hydrogen-bond donors (Lipinski definition) is 0. The molecule has 2 aromatic rings. The van der Waals surface area contributed by atoms with Crippen molar-refractivity contribution in [3.8, 4) is 0 Å². The third kappa shape index (κ3) is 2.41. The molecular formula is C15H18FN. The van der Waals surface area contributed by atoms with E-state index in [0.717, 1.165) is 17.0 Å². The Morgan fingerprint density at radius 1 is 1.00 bits per heavy atom. The molecule has 0 aliphatic carbocycles. The van der Waals surface area contributed by atoms with Crippen molar-refractivity contribution in [2.45, 2.75) is 33.0 Å². The SMILES string of the molecule is Cc1ccc(C)n1C(C)(F)Cc1ccccc1. The first-order valence-electron chi connectivity index (χ1n) is 5.89. The van der Waals surface area contributed by atoms with E-state index in [1.54, 1.807) is 11.5 Å². The van der Waals surface area contributed by atoms with Gasteiger partial charge < -0.3 is 4.57 Å². The van der Waals surface area contributed by atoms with Gasteiger partial charge in [-0.1, -0.05) is 30.3 Å². The van der Waals surface area contributed by atoms with E-state index in [9.17, 15) is 4.39 Å². The van der Waals surface area contributed by atoms with E-state index in [-0.39, 0.29) is 0 Å². The minimum atomic E-state index is -1.38. The molecular weight excluding hydrogens is 213 g/mol. The minimum Gasteiger partial charge on any atom is -0.317 e. The van der Waals surface area contributed by atoms with Crippen molar-refractivity contribution in [1.82, 2.24) is 4.57 Å². The summed E-state index contributed by atoms with van der Waals surface area (Å²) in [5.74, 6) is -1.38. The van der Waals surface area contributed by atoms with Crippen molar-refractivity contribution in [3.63, 3.8) is 0 Å². The molecule has 1 nitrogen and oxygen atoms in total. The van der Waals surface area contributed by atoms with E-state index in [2.05, 4.69) is 0 Å². The van der Waals surface area contributed by atoms with Crippen molar-refractivity contribution < 1.29 is 4.39 Å². The summed E-state index contributed by atoms with van der Waals surface area (Å²) in [6.45, 7) is 5.52. The van der Waals surface area contributed by atoms with Crippen LogP contribution in [0.3, 0.4) is 0 Å². The zero-order chi connectivity index (χ0) is 12.5. The van der Waals surface area contributed by atoms with Gasteiger partial charge in [-0.15, -0.1) is 0 Å². The van der Waals surface area contributed by atoms with Crippen LogP contribution in [0.15, 0.2) is 42.5 Å². The molecule has 0 radical (unpaired) electrons. The third-order valence-corrected chi connectivity index (χ3v) is 3.11. The highest BCUT2D eigenvalue weighted by Crippen LogP contribution is 2.27. The first-order valence-corrected chi connectivity index (χ1v) is 5.89.